The van der Waals surface area contributed by atoms with Crippen molar-refractivity contribution in [3.63, 3.8) is 0 Å². The van der Waals surface area contributed by atoms with Gasteiger partial charge in [-0.3, -0.25) is 9.88 Å². The topological polar surface area (TPSA) is 43.8 Å². The van der Waals surface area contributed by atoms with E-state index in [1.54, 1.807) is 0 Å². The molecule has 2 aliphatic heterocycles. The zero-order valence-electron chi connectivity index (χ0n) is 13.7. The molecule has 0 unspecified atom stereocenters. The van der Waals surface area contributed by atoms with E-state index >= 15 is 0 Å². The van der Waals surface area contributed by atoms with E-state index in [0.29, 0.717) is 12.9 Å². The number of ether oxygens (including phenoxy) is 3. The summed E-state index contributed by atoms with van der Waals surface area (Å²) in [4.78, 5) is 6.65. The lowest BCUT2D eigenvalue weighted by atomic mass is 10.1. The average molecular weight is 326 g/mol. The fraction of sp³-hybridized carbons (Fsp3) is 0.421. The van der Waals surface area contributed by atoms with Crippen LogP contribution in [0.15, 0.2) is 42.7 Å². The van der Waals surface area contributed by atoms with E-state index in [1.165, 1.54) is 11.1 Å². The molecule has 1 fully saturated rings. The number of pyridine rings is 1. The zero-order valence-corrected chi connectivity index (χ0v) is 13.7. The third-order valence-corrected chi connectivity index (χ3v) is 4.46. The first-order chi connectivity index (χ1) is 11.9. The molecule has 1 aromatic carbocycles. The Hall–Kier alpha value is -2.11. The van der Waals surface area contributed by atoms with Crippen LogP contribution in [0.4, 0.5) is 0 Å². The quantitative estimate of drug-likeness (QED) is 0.816. The maximum absolute atomic E-state index is 5.83. The first-order valence-corrected chi connectivity index (χ1v) is 8.48. The van der Waals surface area contributed by atoms with Crippen molar-refractivity contribution in [2.24, 2.45) is 0 Å². The molecular formula is C19H22N2O3. The number of fused-ring (bicyclic) bond motifs is 1. The molecule has 0 aliphatic carbocycles. The summed E-state index contributed by atoms with van der Waals surface area (Å²) in [5.74, 6) is 1.67. The molecule has 0 amide bonds. The predicted octanol–water partition coefficient (Wildman–Crippen LogP) is 2.99. The molecule has 2 aliphatic rings. The summed E-state index contributed by atoms with van der Waals surface area (Å²) in [5.41, 5.74) is 2.44. The summed E-state index contributed by atoms with van der Waals surface area (Å²) >= 11 is 0. The number of benzene rings is 1. The molecule has 3 heterocycles. The number of aromatic nitrogens is 1. The van der Waals surface area contributed by atoms with Crippen LogP contribution >= 0.6 is 0 Å². The highest BCUT2D eigenvalue weighted by atomic mass is 16.7. The van der Waals surface area contributed by atoms with E-state index in [4.69, 9.17) is 14.2 Å². The van der Waals surface area contributed by atoms with Crippen molar-refractivity contribution in [1.29, 1.82) is 0 Å². The van der Waals surface area contributed by atoms with Gasteiger partial charge in [-0.25, -0.2) is 0 Å². The number of hydrogen-bond donors (Lipinski definition) is 0. The standard InChI is InChI=1S/C19H22N2O3/c1-3-16(10-20-7-1)12-21(13-17-4-2-8-22-17)11-15-5-6-18-19(9-15)24-14-23-18/h1,3,5-7,9-10,17H,2,4,8,11-14H2/t17-/m1/s1. The Labute approximate surface area is 142 Å². The summed E-state index contributed by atoms with van der Waals surface area (Å²) in [5, 5.41) is 0. The molecule has 5 heteroatoms. The van der Waals surface area contributed by atoms with Crippen molar-refractivity contribution in [3.05, 3.63) is 53.9 Å². The molecule has 1 saturated heterocycles. The van der Waals surface area contributed by atoms with Crippen molar-refractivity contribution >= 4 is 0 Å². The van der Waals surface area contributed by atoms with E-state index in [2.05, 4.69) is 28.1 Å². The van der Waals surface area contributed by atoms with Gasteiger partial charge in [0.2, 0.25) is 6.79 Å². The molecule has 0 N–H and O–H groups in total. The fourth-order valence-electron chi connectivity index (χ4n) is 3.31. The largest absolute Gasteiger partial charge is 0.454 e. The molecule has 2 aromatic rings. The summed E-state index contributed by atoms with van der Waals surface area (Å²) in [6, 6.07) is 10.3. The summed E-state index contributed by atoms with van der Waals surface area (Å²) in [7, 11) is 0. The number of nitrogens with zero attached hydrogens (tertiary/aromatic N) is 2. The average Bonchev–Trinajstić information content (AvgIpc) is 3.27. The lowest BCUT2D eigenvalue weighted by Gasteiger charge is -2.25. The smallest absolute Gasteiger partial charge is 0.231 e. The van der Waals surface area contributed by atoms with Gasteiger partial charge in [0, 0.05) is 38.6 Å². The van der Waals surface area contributed by atoms with Gasteiger partial charge in [-0.05, 0) is 42.2 Å². The Morgan fingerprint density at radius 2 is 2.00 bits per heavy atom. The first kappa shape index (κ1) is 15.4. The summed E-state index contributed by atoms with van der Waals surface area (Å²) < 4.78 is 16.7. The normalized spacial score (nSPS) is 19.1. The maximum atomic E-state index is 5.83. The Balaban J connectivity index is 1.48. The van der Waals surface area contributed by atoms with Gasteiger partial charge in [0.15, 0.2) is 11.5 Å². The highest BCUT2D eigenvalue weighted by molar-refractivity contribution is 5.44. The van der Waals surface area contributed by atoms with E-state index in [0.717, 1.165) is 50.6 Å². The van der Waals surface area contributed by atoms with Crippen LogP contribution in [0.2, 0.25) is 0 Å². The minimum atomic E-state index is 0.314. The monoisotopic (exact) mass is 326 g/mol. The van der Waals surface area contributed by atoms with E-state index < -0.39 is 0 Å². The second kappa shape index (κ2) is 7.20. The van der Waals surface area contributed by atoms with Gasteiger partial charge in [-0.2, -0.15) is 0 Å². The Morgan fingerprint density at radius 1 is 1.08 bits per heavy atom. The highest BCUT2D eigenvalue weighted by Crippen LogP contribution is 2.33. The Bertz CT molecular complexity index is 672. The molecule has 0 bridgehead atoms. The van der Waals surface area contributed by atoms with Crippen molar-refractivity contribution in [3.8, 4) is 11.5 Å². The summed E-state index contributed by atoms with van der Waals surface area (Å²) in [6.45, 7) is 3.85. The van der Waals surface area contributed by atoms with E-state index in [-0.39, 0.29) is 0 Å². The zero-order chi connectivity index (χ0) is 16.2. The molecule has 4 rings (SSSR count). The van der Waals surface area contributed by atoms with Crippen LogP contribution in [0.25, 0.3) is 0 Å². The lowest BCUT2D eigenvalue weighted by molar-refractivity contribution is 0.0678. The van der Waals surface area contributed by atoms with Crippen LogP contribution < -0.4 is 9.47 Å². The van der Waals surface area contributed by atoms with Crippen molar-refractivity contribution in [2.75, 3.05) is 19.9 Å². The van der Waals surface area contributed by atoms with Crippen LogP contribution in [0.3, 0.4) is 0 Å². The van der Waals surface area contributed by atoms with Crippen molar-refractivity contribution in [1.82, 2.24) is 9.88 Å². The molecule has 24 heavy (non-hydrogen) atoms. The van der Waals surface area contributed by atoms with Gasteiger partial charge >= 0.3 is 0 Å². The van der Waals surface area contributed by atoms with Crippen LogP contribution in [-0.4, -0.2) is 35.9 Å². The van der Waals surface area contributed by atoms with Gasteiger partial charge in [-0.15, -0.1) is 0 Å². The predicted molar refractivity (Wildman–Crippen MR) is 89.9 cm³/mol. The van der Waals surface area contributed by atoms with Crippen LogP contribution in [0, 0.1) is 0 Å². The van der Waals surface area contributed by atoms with Gasteiger partial charge in [0.1, 0.15) is 0 Å². The molecule has 0 spiro atoms. The molecule has 1 atom stereocenters. The second-order valence-corrected chi connectivity index (χ2v) is 6.35. The van der Waals surface area contributed by atoms with Crippen LogP contribution in [0.1, 0.15) is 24.0 Å². The SMILES string of the molecule is c1cncc(CN(Cc2ccc3c(c2)OCO3)C[C@H]2CCCO2)c1. The maximum Gasteiger partial charge on any atom is 0.231 e. The minimum absolute atomic E-state index is 0.314. The van der Waals surface area contributed by atoms with Gasteiger partial charge in [-0.1, -0.05) is 12.1 Å². The molecular weight excluding hydrogens is 304 g/mol. The van der Waals surface area contributed by atoms with Crippen LogP contribution in [-0.2, 0) is 17.8 Å². The van der Waals surface area contributed by atoms with Crippen molar-refractivity contribution < 1.29 is 14.2 Å². The summed E-state index contributed by atoms with van der Waals surface area (Å²) in [6.07, 6.45) is 6.38. The van der Waals surface area contributed by atoms with Crippen molar-refractivity contribution in [2.45, 2.75) is 32.0 Å². The van der Waals surface area contributed by atoms with Gasteiger partial charge < -0.3 is 14.2 Å². The Morgan fingerprint density at radius 3 is 2.83 bits per heavy atom. The van der Waals surface area contributed by atoms with E-state index in [9.17, 15) is 0 Å². The molecule has 5 nitrogen and oxygen atoms in total. The molecule has 126 valence electrons. The third-order valence-electron chi connectivity index (χ3n) is 4.46. The molecule has 0 saturated carbocycles. The highest BCUT2D eigenvalue weighted by Gasteiger charge is 2.21. The number of rotatable bonds is 6. The van der Waals surface area contributed by atoms with Gasteiger partial charge in [0.05, 0.1) is 6.10 Å². The van der Waals surface area contributed by atoms with E-state index in [1.807, 2.05) is 24.5 Å². The van der Waals surface area contributed by atoms with Crippen LogP contribution in [0.5, 0.6) is 11.5 Å². The minimum Gasteiger partial charge on any atom is -0.454 e. The number of hydrogen-bond acceptors (Lipinski definition) is 5. The first-order valence-electron chi connectivity index (χ1n) is 8.48. The lowest BCUT2D eigenvalue weighted by Crippen LogP contribution is -2.31. The molecule has 1 aromatic heterocycles. The van der Waals surface area contributed by atoms with Gasteiger partial charge in [0.25, 0.3) is 0 Å². The second-order valence-electron chi connectivity index (χ2n) is 6.35. The third kappa shape index (κ3) is 3.68. The fourth-order valence-corrected chi connectivity index (χ4v) is 3.31. The molecule has 0 radical (unpaired) electrons. The Kier molecular flexibility index (Phi) is 4.62.